The predicted molar refractivity (Wildman–Crippen MR) is 61.5 cm³/mol. The Morgan fingerprint density at radius 3 is 2.38 bits per heavy atom. The van der Waals surface area contributed by atoms with Crippen LogP contribution >= 0.6 is 0 Å². The quantitative estimate of drug-likeness (QED) is 0.767. The number of benzene rings is 1. The van der Waals surface area contributed by atoms with Crippen LogP contribution < -0.4 is 5.32 Å². The lowest BCUT2D eigenvalue weighted by molar-refractivity contribution is -0.139. The van der Waals surface area contributed by atoms with Gasteiger partial charge in [0.1, 0.15) is 6.42 Å². The van der Waals surface area contributed by atoms with Gasteiger partial charge in [-0.2, -0.15) is 0 Å². The van der Waals surface area contributed by atoms with Crippen molar-refractivity contribution in [2.45, 2.75) is 27.2 Å². The van der Waals surface area contributed by atoms with Crippen molar-refractivity contribution in [2.75, 3.05) is 5.32 Å². The van der Waals surface area contributed by atoms with Crippen molar-refractivity contribution >= 4 is 17.6 Å². The van der Waals surface area contributed by atoms with E-state index < -0.39 is 18.3 Å². The minimum absolute atomic E-state index is 0.501. The van der Waals surface area contributed by atoms with Crippen LogP contribution in [0.5, 0.6) is 0 Å². The van der Waals surface area contributed by atoms with Crippen molar-refractivity contribution in [3.05, 3.63) is 28.8 Å². The van der Waals surface area contributed by atoms with Crippen LogP contribution in [-0.4, -0.2) is 17.0 Å². The van der Waals surface area contributed by atoms with Crippen LogP contribution in [0.3, 0.4) is 0 Å². The van der Waals surface area contributed by atoms with E-state index in [0.29, 0.717) is 5.69 Å². The zero-order chi connectivity index (χ0) is 12.3. The first-order valence-corrected chi connectivity index (χ1v) is 5.00. The highest BCUT2D eigenvalue weighted by molar-refractivity contribution is 6.01. The number of aryl methyl sites for hydroxylation is 1. The standard InChI is InChI=1S/C12H15NO3/c1-7-4-5-10(9(3)8(7)2)13-11(14)6-12(15)16/h4-5H,6H2,1-3H3,(H,13,14)(H,15,16). The lowest BCUT2D eigenvalue weighted by atomic mass is 10.0. The third-order valence-electron chi connectivity index (χ3n) is 2.64. The summed E-state index contributed by atoms with van der Waals surface area (Å²) in [6.07, 6.45) is -0.508. The number of nitrogens with one attached hydrogen (secondary N) is 1. The Kier molecular flexibility index (Phi) is 3.66. The highest BCUT2D eigenvalue weighted by Gasteiger charge is 2.10. The molecule has 0 aromatic heterocycles. The van der Waals surface area contributed by atoms with Crippen LogP contribution in [0.4, 0.5) is 5.69 Å². The highest BCUT2D eigenvalue weighted by Crippen LogP contribution is 2.21. The monoisotopic (exact) mass is 221 g/mol. The van der Waals surface area contributed by atoms with E-state index in [-0.39, 0.29) is 0 Å². The lowest BCUT2D eigenvalue weighted by Gasteiger charge is -2.11. The molecule has 0 spiro atoms. The summed E-state index contributed by atoms with van der Waals surface area (Å²) in [5.41, 5.74) is 3.90. The molecule has 1 aromatic rings. The molecule has 2 N–H and O–H groups in total. The molecule has 4 heteroatoms. The number of hydrogen-bond donors (Lipinski definition) is 2. The molecule has 0 aliphatic heterocycles. The summed E-state index contributed by atoms with van der Waals surface area (Å²) in [6, 6.07) is 3.69. The average molecular weight is 221 g/mol. The molecule has 0 saturated heterocycles. The van der Waals surface area contributed by atoms with Crippen LogP contribution in [-0.2, 0) is 9.59 Å². The molecule has 0 bridgehead atoms. The second-order valence-electron chi connectivity index (χ2n) is 3.80. The van der Waals surface area contributed by atoms with Crippen LogP contribution in [0, 0.1) is 20.8 Å². The Labute approximate surface area is 94.3 Å². The average Bonchev–Trinajstić information content (AvgIpc) is 2.18. The first-order valence-electron chi connectivity index (χ1n) is 5.00. The van der Waals surface area contributed by atoms with Crippen LogP contribution in [0.25, 0.3) is 0 Å². The maximum absolute atomic E-state index is 11.3. The van der Waals surface area contributed by atoms with E-state index in [0.717, 1.165) is 16.7 Å². The van der Waals surface area contributed by atoms with Gasteiger partial charge in [0.2, 0.25) is 5.91 Å². The molecule has 0 fully saturated rings. The number of hydrogen-bond acceptors (Lipinski definition) is 2. The molecule has 0 unspecified atom stereocenters. The number of carbonyl (C=O) groups is 2. The number of amides is 1. The normalized spacial score (nSPS) is 9.94. The minimum Gasteiger partial charge on any atom is -0.481 e. The second kappa shape index (κ2) is 4.79. The van der Waals surface area contributed by atoms with Gasteiger partial charge in [0.25, 0.3) is 0 Å². The Balaban J connectivity index is 2.86. The molecule has 16 heavy (non-hydrogen) atoms. The van der Waals surface area contributed by atoms with E-state index in [9.17, 15) is 9.59 Å². The largest absolute Gasteiger partial charge is 0.481 e. The van der Waals surface area contributed by atoms with Gasteiger partial charge in [-0.25, -0.2) is 0 Å². The van der Waals surface area contributed by atoms with Gasteiger partial charge in [-0.15, -0.1) is 0 Å². The summed E-state index contributed by atoms with van der Waals surface area (Å²) in [5.74, 6) is -1.63. The zero-order valence-corrected chi connectivity index (χ0v) is 9.63. The van der Waals surface area contributed by atoms with E-state index in [1.807, 2.05) is 26.8 Å². The third-order valence-corrected chi connectivity index (χ3v) is 2.64. The van der Waals surface area contributed by atoms with Gasteiger partial charge in [-0.3, -0.25) is 9.59 Å². The number of carboxylic acid groups (broad SMARTS) is 1. The molecule has 86 valence electrons. The molecule has 0 aliphatic carbocycles. The first-order chi connectivity index (χ1) is 7.41. The molecule has 0 saturated carbocycles. The molecular weight excluding hydrogens is 206 g/mol. The van der Waals surface area contributed by atoms with Gasteiger partial charge in [-0.1, -0.05) is 6.07 Å². The number of carbonyl (C=O) groups excluding carboxylic acids is 1. The van der Waals surface area contributed by atoms with Crippen molar-refractivity contribution in [3.8, 4) is 0 Å². The van der Waals surface area contributed by atoms with Crippen molar-refractivity contribution in [1.82, 2.24) is 0 Å². The molecule has 1 amide bonds. The number of rotatable bonds is 3. The van der Waals surface area contributed by atoms with Crippen molar-refractivity contribution < 1.29 is 14.7 Å². The van der Waals surface area contributed by atoms with Crippen LogP contribution in [0.15, 0.2) is 12.1 Å². The third kappa shape index (κ3) is 2.82. The van der Waals surface area contributed by atoms with Gasteiger partial charge in [0.05, 0.1) is 0 Å². The topological polar surface area (TPSA) is 66.4 Å². The lowest BCUT2D eigenvalue weighted by Crippen LogP contribution is -2.16. The molecule has 0 radical (unpaired) electrons. The Bertz CT molecular complexity index is 438. The summed E-state index contributed by atoms with van der Waals surface area (Å²) in [7, 11) is 0. The van der Waals surface area contributed by atoms with Gasteiger partial charge in [-0.05, 0) is 43.5 Å². The van der Waals surface area contributed by atoms with Crippen molar-refractivity contribution in [2.24, 2.45) is 0 Å². The maximum atomic E-state index is 11.3. The van der Waals surface area contributed by atoms with Gasteiger partial charge in [0, 0.05) is 5.69 Å². The summed E-state index contributed by atoms with van der Waals surface area (Å²) in [6.45, 7) is 5.86. The summed E-state index contributed by atoms with van der Waals surface area (Å²) >= 11 is 0. The number of carboxylic acids is 1. The molecule has 4 nitrogen and oxygen atoms in total. The number of anilines is 1. The van der Waals surface area contributed by atoms with E-state index in [1.54, 1.807) is 6.07 Å². The Morgan fingerprint density at radius 2 is 1.81 bits per heavy atom. The van der Waals surface area contributed by atoms with Crippen LogP contribution in [0.2, 0.25) is 0 Å². The van der Waals surface area contributed by atoms with Crippen molar-refractivity contribution in [3.63, 3.8) is 0 Å². The van der Waals surface area contributed by atoms with Crippen molar-refractivity contribution in [1.29, 1.82) is 0 Å². The van der Waals surface area contributed by atoms with Gasteiger partial charge < -0.3 is 10.4 Å². The SMILES string of the molecule is Cc1ccc(NC(=O)CC(=O)O)c(C)c1C. The molecule has 0 atom stereocenters. The fourth-order valence-corrected chi connectivity index (χ4v) is 1.42. The van der Waals surface area contributed by atoms with Gasteiger partial charge in [0.15, 0.2) is 0 Å². The Hall–Kier alpha value is -1.84. The highest BCUT2D eigenvalue weighted by atomic mass is 16.4. The molecule has 1 rings (SSSR count). The maximum Gasteiger partial charge on any atom is 0.312 e. The fraction of sp³-hybridized carbons (Fsp3) is 0.333. The van der Waals surface area contributed by atoms with E-state index >= 15 is 0 Å². The predicted octanol–water partition coefficient (Wildman–Crippen LogP) is 2.03. The van der Waals surface area contributed by atoms with E-state index in [4.69, 9.17) is 5.11 Å². The number of aliphatic carboxylic acids is 1. The van der Waals surface area contributed by atoms with E-state index in [2.05, 4.69) is 5.32 Å². The van der Waals surface area contributed by atoms with Gasteiger partial charge >= 0.3 is 5.97 Å². The zero-order valence-electron chi connectivity index (χ0n) is 9.63. The molecule has 0 heterocycles. The fourth-order valence-electron chi connectivity index (χ4n) is 1.42. The van der Waals surface area contributed by atoms with Crippen LogP contribution in [0.1, 0.15) is 23.1 Å². The smallest absolute Gasteiger partial charge is 0.312 e. The summed E-state index contributed by atoms with van der Waals surface area (Å²) in [5, 5.41) is 11.1. The summed E-state index contributed by atoms with van der Waals surface area (Å²) < 4.78 is 0. The molecular formula is C12H15NO3. The second-order valence-corrected chi connectivity index (χ2v) is 3.80. The van der Waals surface area contributed by atoms with E-state index in [1.165, 1.54) is 0 Å². The molecule has 1 aromatic carbocycles. The summed E-state index contributed by atoms with van der Waals surface area (Å²) in [4.78, 5) is 21.6. The Morgan fingerprint density at radius 1 is 1.19 bits per heavy atom. The molecule has 0 aliphatic rings. The first kappa shape index (κ1) is 12.2. The minimum atomic E-state index is -1.13.